The molecule has 0 aliphatic carbocycles. The molecule has 1 fully saturated rings. The molecule has 1 amide bonds. The molecule has 144 valence electrons. The summed E-state index contributed by atoms with van der Waals surface area (Å²) in [6, 6.07) is 14.6. The van der Waals surface area contributed by atoms with Crippen molar-refractivity contribution in [2.75, 3.05) is 13.1 Å². The zero-order valence-corrected chi connectivity index (χ0v) is 16.0. The smallest absolute Gasteiger partial charge is 0.256 e. The van der Waals surface area contributed by atoms with Crippen LogP contribution in [0.3, 0.4) is 0 Å². The zero-order chi connectivity index (χ0) is 19.5. The lowest BCUT2D eigenvalue weighted by Crippen LogP contribution is -2.43. The SMILES string of the molecule is O=C(C(O)c1ccc(Cl)cc1)N1CCC(Oc2ccc3cnccc3c2)CC1. The van der Waals surface area contributed by atoms with Gasteiger partial charge in [0.15, 0.2) is 6.10 Å². The predicted octanol–water partition coefficient (Wildman–Crippen LogP) is 3.99. The number of fused-ring (bicyclic) bond motifs is 1. The summed E-state index contributed by atoms with van der Waals surface area (Å²) in [5, 5.41) is 13.1. The number of amides is 1. The molecule has 1 saturated heterocycles. The highest BCUT2D eigenvalue weighted by Crippen LogP contribution is 2.25. The highest BCUT2D eigenvalue weighted by atomic mass is 35.5. The molecule has 1 aliphatic rings. The number of benzene rings is 2. The summed E-state index contributed by atoms with van der Waals surface area (Å²) in [7, 11) is 0. The molecule has 1 aromatic heterocycles. The molecule has 3 aromatic rings. The fraction of sp³-hybridized carbons (Fsp3) is 0.273. The Hall–Kier alpha value is -2.63. The molecular weight excluding hydrogens is 376 g/mol. The van der Waals surface area contributed by atoms with E-state index >= 15 is 0 Å². The Morgan fingerprint density at radius 1 is 1.11 bits per heavy atom. The number of piperidine rings is 1. The van der Waals surface area contributed by atoms with Crippen molar-refractivity contribution in [3.8, 4) is 5.75 Å². The minimum Gasteiger partial charge on any atom is -0.490 e. The molecule has 0 spiro atoms. The molecule has 2 heterocycles. The van der Waals surface area contributed by atoms with Crippen LogP contribution >= 0.6 is 11.6 Å². The summed E-state index contributed by atoms with van der Waals surface area (Å²) in [5.74, 6) is 0.545. The molecule has 1 atom stereocenters. The van der Waals surface area contributed by atoms with Crippen molar-refractivity contribution in [2.24, 2.45) is 0 Å². The van der Waals surface area contributed by atoms with Crippen LogP contribution in [0.1, 0.15) is 24.5 Å². The zero-order valence-electron chi connectivity index (χ0n) is 15.3. The number of nitrogens with zero attached hydrogens (tertiary/aromatic N) is 2. The van der Waals surface area contributed by atoms with Crippen molar-refractivity contribution >= 4 is 28.3 Å². The Morgan fingerprint density at radius 3 is 2.61 bits per heavy atom. The van der Waals surface area contributed by atoms with E-state index in [4.69, 9.17) is 16.3 Å². The number of ether oxygens (including phenoxy) is 1. The molecule has 1 aliphatic heterocycles. The molecule has 0 bridgehead atoms. The van der Waals surface area contributed by atoms with Crippen LogP contribution in [0.4, 0.5) is 0 Å². The molecule has 2 aromatic carbocycles. The van der Waals surface area contributed by atoms with Gasteiger partial charge in [-0.3, -0.25) is 9.78 Å². The van der Waals surface area contributed by atoms with Gasteiger partial charge in [-0.1, -0.05) is 23.7 Å². The fourth-order valence-electron chi connectivity index (χ4n) is 3.48. The molecule has 4 rings (SSSR count). The van der Waals surface area contributed by atoms with E-state index in [1.54, 1.807) is 35.4 Å². The molecule has 6 heteroatoms. The van der Waals surface area contributed by atoms with Gasteiger partial charge < -0.3 is 14.7 Å². The first-order valence-electron chi connectivity index (χ1n) is 9.33. The van der Waals surface area contributed by atoms with Crippen LogP contribution in [0.25, 0.3) is 10.8 Å². The number of rotatable bonds is 4. The van der Waals surface area contributed by atoms with E-state index in [1.165, 1.54) is 0 Å². The molecule has 0 saturated carbocycles. The van der Waals surface area contributed by atoms with Gasteiger partial charge in [0.25, 0.3) is 5.91 Å². The summed E-state index contributed by atoms with van der Waals surface area (Å²) in [6.45, 7) is 1.12. The number of halogens is 1. The fourth-order valence-corrected chi connectivity index (χ4v) is 3.61. The van der Waals surface area contributed by atoms with E-state index in [0.717, 1.165) is 29.4 Å². The van der Waals surface area contributed by atoms with Gasteiger partial charge in [0.2, 0.25) is 0 Å². The van der Waals surface area contributed by atoms with E-state index < -0.39 is 6.10 Å². The van der Waals surface area contributed by atoms with Crippen LogP contribution in [-0.2, 0) is 4.79 Å². The Labute approximate surface area is 168 Å². The van der Waals surface area contributed by atoms with Gasteiger partial charge in [-0.25, -0.2) is 0 Å². The molecule has 5 nitrogen and oxygen atoms in total. The molecular formula is C22H21ClN2O3. The maximum Gasteiger partial charge on any atom is 0.256 e. The van der Waals surface area contributed by atoms with Crippen molar-refractivity contribution in [2.45, 2.75) is 25.0 Å². The first kappa shape index (κ1) is 18.7. The highest BCUT2D eigenvalue weighted by molar-refractivity contribution is 6.30. The highest BCUT2D eigenvalue weighted by Gasteiger charge is 2.28. The van der Waals surface area contributed by atoms with E-state index in [-0.39, 0.29) is 12.0 Å². The van der Waals surface area contributed by atoms with Gasteiger partial charge in [-0.05, 0) is 47.3 Å². The Kier molecular flexibility index (Phi) is 5.46. The van der Waals surface area contributed by atoms with E-state index in [1.807, 2.05) is 30.5 Å². The lowest BCUT2D eigenvalue weighted by Gasteiger charge is -2.33. The number of likely N-dealkylation sites (tertiary alicyclic amines) is 1. The number of aliphatic hydroxyl groups excluding tert-OH is 1. The Balaban J connectivity index is 1.34. The number of pyridine rings is 1. The van der Waals surface area contributed by atoms with Crippen LogP contribution in [0.5, 0.6) is 5.75 Å². The maximum atomic E-state index is 12.6. The number of hydrogen-bond donors (Lipinski definition) is 1. The van der Waals surface area contributed by atoms with Crippen LogP contribution in [0.15, 0.2) is 60.9 Å². The standard InChI is InChI=1S/C22H21ClN2O3/c23-18-4-1-15(2-5-18)21(26)22(27)25-11-8-19(9-12-25)28-20-6-3-17-14-24-10-7-16(17)13-20/h1-7,10,13-14,19,21,26H,8-9,11-12H2. The van der Waals surface area contributed by atoms with Crippen LogP contribution in [0, 0.1) is 0 Å². The van der Waals surface area contributed by atoms with Crippen LogP contribution in [-0.4, -0.2) is 40.1 Å². The van der Waals surface area contributed by atoms with E-state index in [0.29, 0.717) is 23.7 Å². The molecule has 0 radical (unpaired) electrons. The Bertz CT molecular complexity index is 969. The van der Waals surface area contributed by atoms with E-state index in [9.17, 15) is 9.90 Å². The topological polar surface area (TPSA) is 62.7 Å². The van der Waals surface area contributed by atoms with Gasteiger partial charge in [0.1, 0.15) is 11.9 Å². The van der Waals surface area contributed by atoms with Crippen molar-refractivity contribution in [3.63, 3.8) is 0 Å². The average molecular weight is 397 g/mol. The van der Waals surface area contributed by atoms with Crippen molar-refractivity contribution in [1.82, 2.24) is 9.88 Å². The summed E-state index contributed by atoms with van der Waals surface area (Å²) in [4.78, 5) is 18.4. The minimum atomic E-state index is -1.16. The summed E-state index contributed by atoms with van der Waals surface area (Å²) in [6.07, 6.45) is 3.94. The lowest BCUT2D eigenvalue weighted by molar-refractivity contribution is -0.142. The third-order valence-electron chi connectivity index (χ3n) is 5.09. The maximum absolute atomic E-state index is 12.6. The minimum absolute atomic E-state index is 0.0519. The predicted molar refractivity (Wildman–Crippen MR) is 108 cm³/mol. The number of aromatic nitrogens is 1. The average Bonchev–Trinajstić information content (AvgIpc) is 2.74. The van der Waals surface area contributed by atoms with Crippen LogP contribution in [0.2, 0.25) is 5.02 Å². The second kappa shape index (κ2) is 8.17. The van der Waals surface area contributed by atoms with Crippen LogP contribution < -0.4 is 4.74 Å². The van der Waals surface area contributed by atoms with Crippen molar-refractivity contribution in [1.29, 1.82) is 0 Å². The van der Waals surface area contributed by atoms with E-state index in [2.05, 4.69) is 4.98 Å². The number of carbonyl (C=O) groups is 1. The lowest BCUT2D eigenvalue weighted by atomic mass is 10.0. The Morgan fingerprint density at radius 2 is 1.86 bits per heavy atom. The largest absolute Gasteiger partial charge is 0.490 e. The second-order valence-electron chi connectivity index (χ2n) is 6.98. The summed E-state index contributed by atoms with van der Waals surface area (Å²) < 4.78 is 6.11. The normalized spacial score (nSPS) is 16.1. The monoisotopic (exact) mass is 396 g/mol. The summed E-state index contributed by atoms with van der Waals surface area (Å²) >= 11 is 5.87. The molecule has 28 heavy (non-hydrogen) atoms. The number of carbonyl (C=O) groups excluding carboxylic acids is 1. The third kappa shape index (κ3) is 4.11. The molecule has 1 unspecified atom stereocenters. The first-order chi connectivity index (χ1) is 13.6. The van der Waals surface area contributed by atoms with Gasteiger partial charge in [-0.2, -0.15) is 0 Å². The molecule has 1 N–H and O–H groups in total. The van der Waals surface area contributed by atoms with Gasteiger partial charge in [0, 0.05) is 48.7 Å². The number of hydrogen-bond acceptors (Lipinski definition) is 4. The van der Waals surface area contributed by atoms with Gasteiger partial charge in [-0.15, -0.1) is 0 Å². The number of aliphatic hydroxyl groups is 1. The first-order valence-corrected chi connectivity index (χ1v) is 9.71. The van der Waals surface area contributed by atoms with Gasteiger partial charge >= 0.3 is 0 Å². The third-order valence-corrected chi connectivity index (χ3v) is 5.34. The summed E-state index contributed by atoms with van der Waals surface area (Å²) in [5.41, 5.74) is 0.554. The van der Waals surface area contributed by atoms with Crippen molar-refractivity contribution in [3.05, 3.63) is 71.5 Å². The quantitative estimate of drug-likeness (QED) is 0.724. The second-order valence-corrected chi connectivity index (χ2v) is 7.42. The van der Waals surface area contributed by atoms with Gasteiger partial charge in [0.05, 0.1) is 0 Å². The van der Waals surface area contributed by atoms with Crippen molar-refractivity contribution < 1.29 is 14.6 Å².